The van der Waals surface area contributed by atoms with Crippen LogP contribution in [-0.2, 0) is 6.54 Å². The number of hydrogen-bond donors (Lipinski definition) is 1. The van der Waals surface area contributed by atoms with Crippen molar-refractivity contribution in [1.82, 2.24) is 14.5 Å². The summed E-state index contributed by atoms with van der Waals surface area (Å²) in [5.74, 6) is -1.02. The second-order valence-corrected chi connectivity index (χ2v) is 3.78. The summed E-state index contributed by atoms with van der Waals surface area (Å²) in [6.07, 6.45) is 3.50. The van der Waals surface area contributed by atoms with Crippen LogP contribution < -0.4 is 0 Å². The number of imidazole rings is 1. The maximum Gasteiger partial charge on any atom is 0.356 e. The minimum Gasteiger partial charge on any atom is -0.476 e. The zero-order valence-electron chi connectivity index (χ0n) is 8.04. The normalized spacial score (nSPS) is 10.5. The fraction of sp³-hybridized carbons (Fsp3) is 0.222. The van der Waals surface area contributed by atoms with E-state index in [4.69, 9.17) is 5.11 Å². The number of thiazole rings is 1. The van der Waals surface area contributed by atoms with E-state index in [9.17, 15) is 4.79 Å². The van der Waals surface area contributed by atoms with Gasteiger partial charge in [0, 0.05) is 12.7 Å². The van der Waals surface area contributed by atoms with Crippen molar-refractivity contribution >= 4 is 17.3 Å². The Morgan fingerprint density at radius 3 is 3.00 bits per heavy atom. The first kappa shape index (κ1) is 9.85. The van der Waals surface area contributed by atoms with Gasteiger partial charge < -0.3 is 9.67 Å². The highest BCUT2D eigenvalue weighted by Crippen LogP contribution is 2.25. The van der Waals surface area contributed by atoms with Gasteiger partial charge in [-0.1, -0.05) is 0 Å². The molecule has 2 aromatic heterocycles. The average molecular weight is 223 g/mol. The number of hydrogen-bond acceptors (Lipinski definition) is 4. The lowest BCUT2D eigenvalue weighted by Crippen LogP contribution is -1.98. The van der Waals surface area contributed by atoms with Gasteiger partial charge in [0.1, 0.15) is 5.69 Å². The number of aromatic nitrogens is 3. The van der Waals surface area contributed by atoms with Crippen molar-refractivity contribution in [3.63, 3.8) is 0 Å². The van der Waals surface area contributed by atoms with E-state index in [0.717, 1.165) is 6.54 Å². The van der Waals surface area contributed by atoms with E-state index < -0.39 is 5.97 Å². The summed E-state index contributed by atoms with van der Waals surface area (Å²) in [5, 5.41) is 8.89. The minimum absolute atomic E-state index is 0.0707. The largest absolute Gasteiger partial charge is 0.476 e. The zero-order valence-corrected chi connectivity index (χ0v) is 8.86. The first-order valence-corrected chi connectivity index (χ1v) is 5.29. The maximum absolute atomic E-state index is 10.8. The van der Waals surface area contributed by atoms with Gasteiger partial charge in [-0.15, -0.1) is 11.3 Å². The summed E-state index contributed by atoms with van der Waals surface area (Å²) in [6.45, 7) is 2.81. The molecule has 0 radical (unpaired) electrons. The summed E-state index contributed by atoms with van der Waals surface area (Å²) < 4.78 is 1.89. The molecule has 2 aromatic rings. The van der Waals surface area contributed by atoms with Gasteiger partial charge in [0.2, 0.25) is 0 Å². The van der Waals surface area contributed by atoms with Crippen LogP contribution in [0.2, 0.25) is 0 Å². The Kier molecular flexibility index (Phi) is 2.51. The molecule has 15 heavy (non-hydrogen) atoms. The van der Waals surface area contributed by atoms with Gasteiger partial charge in [0.05, 0.1) is 16.7 Å². The smallest absolute Gasteiger partial charge is 0.356 e. The highest BCUT2D eigenvalue weighted by Gasteiger charge is 2.16. The molecule has 0 atom stereocenters. The molecule has 0 fully saturated rings. The van der Waals surface area contributed by atoms with Gasteiger partial charge in [-0.3, -0.25) is 0 Å². The summed E-state index contributed by atoms with van der Waals surface area (Å²) in [4.78, 5) is 19.4. The van der Waals surface area contributed by atoms with Crippen LogP contribution in [0.15, 0.2) is 18.0 Å². The lowest BCUT2D eigenvalue weighted by Gasteiger charge is -1.93. The van der Waals surface area contributed by atoms with Crippen molar-refractivity contribution in [3.8, 4) is 10.6 Å². The van der Waals surface area contributed by atoms with Crippen LogP contribution >= 0.6 is 11.3 Å². The van der Waals surface area contributed by atoms with Crippen molar-refractivity contribution in [2.75, 3.05) is 0 Å². The van der Waals surface area contributed by atoms with Crippen molar-refractivity contribution in [2.45, 2.75) is 13.5 Å². The number of carboxylic acid groups (broad SMARTS) is 1. The van der Waals surface area contributed by atoms with Crippen LogP contribution in [0.1, 0.15) is 17.4 Å². The van der Waals surface area contributed by atoms with E-state index in [0.29, 0.717) is 10.6 Å². The lowest BCUT2D eigenvalue weighted by molar-refractivity contribution is 0.0692. The third kappa shape index (κ3) is 1.75. The molecule has 0 aliphatic rings. The molecule has 0 aliphatic heterocycles. The predicted molar refractivity (Wildman–Crippen MR) is 56.0 cm³/mol. The third-order valence-corrected chi connectivity index (χ3v) is 2.85. The van der Waals surface area contributed by atoms with Gasteiger partial charge in [-0.05, 0) is 6.92 Å². The van der Waals surface area contributed by atoms with Gasteiger partial charge >= 0.3 is 5.97 Å². The monoisotopic (exact) mass is 223 g/mol. The minimum atomic E-state index is -1.02. The number of carbonyl (C=O) groups is 1. The molecule has 0 saturated heterocycles. The summed E-state index contributed by atoms with van der Waals surface area (Å²) in [7, 11) is 0. The highest BCUT2D eigenvalue weighted by atomic mass is 32.1. The Hall–Kier alpha value is -1.69. The summed E-state index contributed by atoms with van der Waals surface area (Å²) >= 11 is 1.29. The van der Waals surface area contributed by atoms with Crippen LogP contribution in [0.25, 0.3) is 10.6 Å². The van der Waals surface area contributed by atoms with Gasteiger partial charge in [0.15, 0.2) is 5.69 Å². The van der Waals surface area contributed by atoms with E-state index in [1.165, 1.54) is 16.8 Å². The highest BCUT2D eigenvalue weighted by molar-refractivity contribution is 7.13. The van der Waals surface area contributed by atoms with Crippen molar-refractivity contribution in [2.24, 2.45) is 0 Å². The molecule has 2 heterocycles. The fourth-order valence-corrected chi connectivity index (χ4v) is 1.97. The van der Waals surface area contributed by atoms with Crippen LogP contribution in [0.4, 0.5) is 0 Å². The first-order chi connectivity index (χ1) is 7.22. The zero-order chi connectivity index (χ0) is 10.8. The molecule has 0 saturated carbocycles. The Labute approximate surface area is 90.0 Å². The SMILES string of the molecule is CCn1cnc(-c2scnc2C(=O)O)c1. The molecule has 5 nitrogen and oxygen atoms in total. The van der Waals surface area contributed by atoms with Gasteiger partial charge in [-0.25, -0.2) is 14.8 Å². The molecule has 0 aromatic carbocycles. The van der Waals surface area contributed by atoms with Crippen molar-refractivity contribution in [3.05, 3.63) is 23.7 Å². The molecule has 6 heteroatoms. The predicted octanol–water partition coefficient (Wildman–Crippen LogP) is 1.72. The Morgan fingerprint density at radius 2 is 2.40 bits per heavy atom. The third-order valence-electron chi connectivity index (χ3n) is 2.00. The number of aryl methyl sites for hydroxylation is 1. The molecule has 0 spiro atoms. The summed E-state index contributed by atoms with van der Waals surface area (Å²) in [5.41, 5.74) is 2.25. The van der Waals surface area contributed by atoms with Crippen LogP contribution in [0.5, 0.6) is 0 Å². The fourth-order valence-electron chi connectivity index (χ4n) is 1.23. The van der Waals surface area contributed by atoms with E-state index >= 15 is 0 Å². The maximum atomic E-state index is 10.8. The number of rotatable bonds is 3. The molecule has 2 rings (SSSR count). The molecule has 1 N–H and O–H groups in total. The molecule has 0 amide bonds. The first-order valence-electron chi connectivity index (χ1n) is 4.41. The molecule has 0 bridgehead atoms. The number of aromatic carboxylic acids is 1. The molecule has 78 valence electrons. The quantitative estimate of drug-likeness (QED) is 0.860. The van der Waals surface area contributed by atoms with Crippen LogP contribution in [0, 0.1) is 0 Å². The van der Waals surface area contributed by atoms with E-state index in [-0.39, 0.29) is 5.69 Å². The van der Waals surface area contributed by atoms with Crippen LogP contribution in [0.3, 0.4) is 0 Å². The Balaban J connectivity index is 2.44. The topological polar surface area (TPSA) is 68.0 Å². The van der Waals surface area contributed by atoms with E-state index in [2.05, 4.69) is 9.97 Å². The second kappa shape index (κ2) is 3.82. The van der Waals surface area contributed by atoms with Crippen molar-refractivity contribution < 1.29 is 9.90 Å². The standard InChI is InChI=1S/C9H9N3O2S/c1-2-12-3-6(10-4-12)8-7(9(13)14)11-5-15-8/h3-5H,2H2,1H3,(H,13,14). The van der Waals surface area contributed by atoms with Crippen molar-refractivity contribution in [1.29, 1.82) is 0 Å². The Bertz CT molecular complexity index is 489. The van der Waals surface area contributed by atoms with Gasteiger partial charge in [0.25, 0.3) is 0 Å². The Morgan fingerprint density at radius 1 is 1.60 bits per heavy atom. The second-order valence-electron chi connectivity index (χ2n) is 2.92. The number of carboxylic acids is 1. The van der Waals surface area contributed by atoms with Crippen LogP contribution in [-0.4, -0.2) is 25.6 Å². The molecule has 0 aliphatic carbocycles. The molecular weight excluding hydrogens is 214 g/mol. The molecular formula is C9H9N3O2S. The van der Waals surface area contributed by atoms with E-state index in [1.54, 1.807) is 6.33 Å². The number of nitrogens with zero attached hydrogens (tertiary/aromatic N) is 3. The lowest BCUT2D eigenvalue weighted by atomic mass is 10.3. The van der Waals surface area contributed by atoms with Gasteiger partial charge in [-0.2, -0.15) is 0 Å². The average Bonchev–Trinajstić information content (AvgIpc) is 2.85. The summed E-state index contributed by atoms with van der Waals surface area (Å²) in [6, 6.07) is 0. The van der Waals surface area contributed by atoms with E-state index in [1.807, 2.05) is 17.7 Å². The molecule has 0 unspecified atom stereocenters.